The molecule has 146 valence electrons. The highest BCUT2D eigenvalue weighted by Gasteiger charge is 2.25. The lowest BCUT2D eigenvalue weighted by Crippen LogP contribution is -2.51. The molecule has 0 saturated carbocycles. The summed E-state index contributed by atoms with van der Waals surface area (Å²) in [6, 6.07) is 13.1. The molecule has 0 unspecified atom stereocenters. The Labute approximate surface area is 162 Å². The molecule has 2 aromatic rings. The quantitative estimate of drug-likeness (QED) is 0.583. The molecule has 1 saturated heterocycles. The van der Waals surface area contributed by atoms with Crippen molar-refractivity contribution in [3.8, 4) is 5.75 Å². The van der Waals surface area contributed by atoms with Crippen LogP contribution in [0.15, 0.2) is 48.5 Å². The Morgan fingerprint density at radius 3 is 2.32 bits per heavy atom. The van der Waals surface area contributed by atoms with E-state index in [2.05, 4.69) is 0 Å². The van der Waals surface area contributed by atoms with Crippen LogP contribution in [0.25, 0.3) is 0 Å². The van der Waals surface area contributed by atoms with Crippen LogP contribution < -0.4 is 4.74 Å². The highest BCUT2D eigenvalue weighted by atomic mass is 16.6. The van der Waals surface area contributed by atoms with Gasteiger partial charge in [-0.2, -0.15) is 0 Å². The Kier molecular flexibility index (Phi) is 5.88. The summed E-state index contributed by atoms with van der Waals surface area (Å²) in [7, 11) is 0. The Morgan fingerprint density at radius 2 is 1.68 bits per heavy atom. The lowest BCUT2D eigenvalue weighted by Gasteiger charge is -2.34. The molecule has 1 aliphatic heterocycles. The second-order valence-electron chi connectivity index (χ2n) is 6.58. The number of carbonyl (C=O) groups excluding carboxylic acids is 2. The zero-order valence-electron chi connectivity index (χ0n) is 15.5. The number of nitrogens with zero attached hydrogens (tertiary/aromatic N) is 3. The number of aryl methyl sites for hydroxylation is 1. The van der Waals surface area contributed by atoms with Gasteiger partial charge in [-0.25, -0.2) is 0 Å². The highest BCUT2D eigenvalue weighted by Crippen LogP contribution is 2.19. The van der Waals surface area contributed by atoms with Gasteiger partial charge in [-0.3, -0.25) is 19.7 Å². The maximum absolute atomic E-state index is 12.5. The van der Waals surface area contributed by atoms with E-state index < -0.39 is 4.92 Å². The van der Waals surface area contributed by atoms with Gasteiger partial charge in [-0.15, -0.1) is 0 Å². The van der Waals surface area contributed by atoms with E-state index >= 15 is 0 Å². The fourth-order valence-corrected chi connectivity index (χ4v) is 2.96. The molecule has 2 amide bonds. The summed E-state index contributed by atoms with van der Waals surface area (Å²) in [6.07, 6.45) is 0. The average Bonchev–Trinajstić information content (AvgIpc) is 2.72. The van der Waals surface area contributed by atoms with Gasteiger partial charge in [-0.05, 0) is 25.1 Å². The van der Waals surface area contributed by atoms with E-state index in [4.69, 9.17) is 4.74 Å². The predicted molar refractivity (Wildman–Crippen MR) is 102 cm³/mol. The van der Waals surface area contributed by atoms with Crippen LogP contribution in [0.5, 0.6) is 5.75 Å². The molecule has 0 spiro atoms. The second kappa shape index (κ2) is 8.51. The van der Waals surface area contributed by atoms with Gasteiger partial charge in [0.05, 0.1) is 11.0 Å². The van der Waals surface area contributed by atoms with E-state index in [1.807, 2.05) is 31.2 Å². The van der Waals surface area contributed by atoms with Crippen LogP contribution >= 0.6 is 0 Å². The Balaban J connectivity index is 1.49. The lowest BCUT2D eigenvalue weighted by molar-refractivity contribution is -0.384. The molecule has 8 nitrogen and oxygen atoms in total. The summed E-state index contributed by atoms with van der Waals surface area (Å²) in [4.78, 5) is 38.5. The number of amides is 2. The van der Waals surface area contributed by atoms with Crippen molar-refractivity contribution < 1.29 is 19.2 Å². The Hall–Kier alpha value is -3.42. The third kappa shape index (κ3) is 4.64. The third-order valence-electron chi connectivity index (χ3n) is 4.61. The van der Waals surface area contributed by atoms with Gasteiger partial charge in [0.2, 0.25) is 0 Å². The number of hydrogen-bond donors (Lipinski definition) is 0. The molecule has 0 aliphatic carbocycles. The van der Waals surface area contributed by atoms with E-state index in [-0.39, 0.29) is 29.9 Å². The van der Waals surface area contributed by atoms with Crippen LogP contribution in [-0.4, -0.2) is 59.3 Å². The molecule has 2 aromatic carbocycles. The van der Waals surface area contributed by atoms with Gasteiger partial charge in [0.25, 0.3) is 17.5 Å². The highest BCUT2D eigenvalue weighted by molar-refractivity contribution is 5.94. The summed E-state index contributed by atoms with van der Waals surface area (Å²) in [6.45, 7) is 3.52. The Morgan fingerprint density at radius 1 is 1.04 bits per heavy atom. The number of hydrogen-bond acceptors (Lipinski definition) is 5. The molecule has 8 heteroatoms. The van der Waals surface area contributed by atoms with Crippen LogP contribution in [0.4, 0.5) is 5.69 Å². The van der Waals surface area contributed by atoms with Crippen LogP contribution in [-0.2, 0) is 4.79 Å². The van der Waals surface area contributed by atoms with E-state index in [0.29, 0.717) is 31.7 Å². The smallest absolute Gasteiger partial charge is 0.273 e. The number of non-ortho nitro benzene ring substituents is 1. The average molecular weight is 383 g/mol. The van der Waals surface area contributed by atoms with Crippen molar-refractivity contribution in [1.29, 1.82) is 0 Å². The first-order valence-corrected chi connectivity index (χ1v) is 8.95. The van der Waals surface area contributed by atoms with Crippen LogP contribution in [0.2, 0.25) is 0 Å². The predicted octanol–water partition coefficient (Wildman–Crippen LogP) is 2.27. The van der Waals surface area contributed by atoms with Crippen molar-refractivity contribution in [2.24, 2.45) is 0 Å². The molecule has 3 rings (SSSR count). The van der Waals surface area contributed by atoms with Gasteiger partial charge in [0.15, 0.2) is 6.61 Å². The summed E-state index contributed by atoms with van der Waals surface area (Å²) in [5.41, 5.74) is 1.64. The minimum Gasteiger partial charge on any atom is -0.484 e. The summed E-state index contributed by atoms with van der Waals surface area (Å²) >= 11 is 0. The standard InChI is InChI=1S/C20H21N3O5/c1-15-5-7-16(8-6-15)20(25)22-11-9-21(10-12-22)19(24)14-28-18-4-2-3-17(13-18)23(26)27/h2-8,13H,9-12,14H2,1H3. The van der Waals surface area contributed by atoms with Gasteiger partial charge in [0, 0.05) is 37.8 Å². The largest absolute Gasteiger partial charge is 0.484 e. The molecule has 1 fully saturated rings. The van der Waals surface area contributed by atoms with E-state index in [9.17, 15) is 19.7 Å². The van der Waals surface area contributed by atoms with Gasteiger partial charge >= 0.3 is 0 Å². The number of piperazine rings is 1. The summed E-state index contributed by atoms with van der Waals surface area (Å²) in [5, 5.41) is 10.8. The first-order valence-electron chi connectivity index (χ1n) is 8.95. The van der Waals surface area contributed by atoms with Gasteiger partial charge < -0.3 is 14.5 Å². The molecule has 1 aliphatic rings. The normalized spacial score (nSPS) is 13.9. The fourth-order valence-electron chi connectivity index (χ4n) is 2.96. The van der Waals surface area contributed by atoms with Crippen LogP contribution in [0.3, 0.4) is 0 Å². The molecule has 0 aromatic heterocycles. The topological polar surface area (TPSA) is 93.0 Å². The zero-order valence-corrected chi connectivity index (χ0v) is 15.5. The number of benzene rings is 2. The molecular weight excluding hydrogens is 362 g/mol. The third-order valence-corrected chi connectivity index (χ3v) is 4.61. The monoisotopic (exact) mass is 383 g/mol. The van der Waals surface area contributed by atoms with Crippen molar-refractivity contribution in [2.45, 2.75) is 6.92 Å². The molecule has 1 heterocycles. The van der Waals surface area contributed by atoms with Crippen LogP contribution in [0.1, 0.15) is 15.9 Å². The minimum absolute atomic E-state index is 0.0417. The van der Waals surface area contributed by atoms with Gasteiger partial charge in [-0.1, -0.05) is 23.8 Å². The number of nitro benzene ring substituents is 1. The van der Waals surface area contributed by atoms with Crippen molar-refractivity contribution in [3.05, 3.63) is 69.8 Å². The maximum atomic E-state index is 12.5. The fraction of sp³-hybridized carbons (Fsp3) is 0.300. The summed E-state index contributed by atoms with van der Waals surface area (Å²) in [5.74, 6) is 0.0182. The van der Waals surface area contributed by atoms with E-state index in [0.717, 1.165) is 5.56 Å². The van der Waals surface area contributed by atoms with E-state index in [1.54, 1.807) is 15.9 Å². The number of nitro groups is 1. The van der Waals surface area contributed by atoms with Crippen molar-refractivity contribution >= 4 is 17.5 Å². The maximum Gasteiger partial charge on any atom is 0.273 e. The number of ether oxygens (including phenoxy) is 1. The number of rotatable bonds is 5. The van der Waals surface area contributed by atoms with Crippen molar-refractivity contribution in [3.63, 3.8) is 0 Å². The molecule has 0 radical (unpaired) electrons. The zero-order chi connectivity index (χ0) is 20.1. The SMILES string of the molecule is Cc1ccc(C(=O)N2CCN(C(=O)COc3cccc([N+](=O)[O-])c3)CC2)cc1. The lowest BCUT2D eigenvalue weighted by atomic mass is 10.1. The van der Waals surface area contributed by atoms with Crippen molar-refractivity contribution in [2.75, 3.05) is 32.8 Å². The number of carbonyl (C=O) groups is 2. The summed E-state index contributed by atoms with van der Waals surface area (Å²) < 4.78 is 5.39. The molecule has 28 heavy (non-hydrogen) atoms. The molecule has 0 N–H and O–H groups in total. The molecule has 0 bridgehead atoms. The first kappa shape index (κ1) is 19.3. The Bertz CT molecular complexity index is 874. The minimum atomic E-state index is -0.515. The van der Waals surface area contributed by atoms with Crippen LogP contribution in [0, 0.1) is 17.0 Å². The first-order chi connectivity index (χ1) is 13.4. The van der Waals surface area contributed by atoms with E-state index in [1.165, 1.54) is 18.2 Å². The van der Waals surface area contributed by atoms with Gasteiger partial charge in [0.1, 0.15) is 5.75 Å². The second-order valence-corrected chi connectivity index (χ2v) is 6.58. The van der Waals surface area contributed by atoms with Crippen molar-refractivity contribution in [1.82, 2.24) is 9.80 Å². The molecular formula is C20H21N3O5. The molecule has 0 atom stereocenters.